The Balaban J connectivity index is 3.14. The van der Waals surface area contributed by atoms with Crippen molar-refractivity contribution >= 4 is 0 Å². The Labute approximate surface area is 59.7 Å². The Morgan fingerprint density at radius 1 is 1.30 bits per heavy atom. The van der Waals surface area contributed by atoms with E-state index in [-0.39, 0.29) is 5.75 Å². The highest BCUT2D eigenvalue weighted by Crippen LogP contribution is 2.22. The SMILES string of the molecule is CCc1cccc([O-])c1[O-]. The zero-order valence-corrected chi connectivity index (χ0v) is 5.76. The summed E-state index contributed by atoms with van der Waals surface area (Å²) in [4.78, 5) is 0. The highest BCUT2D eigenvalue weighted by Gasteiger charge is 1.87. The minimum atomic E-state index is -0.403. The summed E-state index contributed by atoms with van der Waals surface area (Å²) in [5.41, 5.74) is 0.604. The van der Waals surface area contributed by atoms with Crippen molar-refractivity contribution in [1.82, 2.24) is 0 Å². The van der Waals surface area contributed by atoms with Crippen molar-refractivity contribution in [3.63, 3.8) is 0 Å². The van der Waals surface area contributed by atoms with Gasteiger partial charge in [0.15, 0.2) is 0 Å². The van der Waals surface area contributed by atoms with Gasteiger partial charge in [-0.2, -0.15) is 0 Å². The number of benzene rings is 1. The van der Waals surface area contributed by atoms with Crippen LogP contribution in [0.15, 0.2) is 18.2 Å². The summed E-state index contributed by atoms with van der Waals surface area (Å²) >= 11 is 0. The third-order valence-electron chi connectivity index (χ3n) is 1.44. The molecule has 0 aliphatic carbocycles. The van der Waals surface area contributed by atoms with Gasteiger partial charge in [-0.15, -0.1) is 11.5 Å². The second-order valence-corrected chi connectivity index (χ2v) is 2.10. The van der Waals surface area contributed by atoms with Crippen LogP contribution in [0.5, 0.6) is 11.5 Å². The average Bonchev–Trinajstić information content (AvgIpc) is 1.95. The molecule has 1 aromatic rings. The van der Waals surface area contributed by atoms with Crippen LogP contribution in [0.2, 0.25) is 0 Å². The fourth-order valence-electron chi connectivity index (χ4n) is 0.840. The number of hydrogen-bond acceptors (Lipinski definition) is 2. The van der Waals surface area contributed by atoms with Gasteiger partial charge in [0.2, 0.25) is 0 Å². The Kier molecular flexibility index (Phi) is 1.81. The van der Waals surface area contributed by atoms with Crippen molar-refractivity contribution in [3.05, 3.63) is 23.8 Å². The molecule has 10 heavy (non-hydrogen) atoms. The molecule has 0 saturated heterocycles. The highest BCUT2D eigenvalue weighted by atomic mass is 16.3. The molecule has 0 spiro atoms. The molecular formula is C8H8O2-2. The van der Waals surface area contributed by atoms with Gasteiger partial charge in [0.1, 0.15) is 0 Å². The first-order valence-corrected chi connectivity index (χ1v) is 3.21. The molecule has 0 aliphatic rings. The maximum atomic E-state index is 10.9. The lowest BCUT2D eigenvalue weighted by Gasteiger charge is -2.20. The Hall–Kier alpha value is -1.18. The zero-order valence-electron chi connectivity index (χ0n) is 5.76. The summed E-state index contributed by atoms with van der Waals surface area (Å²) in [6.45, 7) is 1.86. The smallest absolute Gasteiger partial charge is 0.0314 e. The number of para-hydroxylation sites is 1. The zero-order chi connectivity index (χ0) is 7.56. The fourth-order valence-corrected chi connectivity index (χ4v) is 0.840. The van der Waals surface area contributed by atoms with E-state index in [1.807, 2.05) is 6.92 Å². The predicted octanol–water partition coefficient (Wildman–Crippen LogP) is 0.396. The number of aryl methyl sites for hydroxylation is 1. The largest absolute Gasteiger partial charge is 0.873 e. The van der Waals surface area contributed by atoms with Gasteiger partial charge in [0.25, 0.3) is 0 Å². The maximum Gasteiger partial charge on any atom is -0.0314 e. The van der Waals surface area contributed by atoms with E-state index in [0.29, 0.717) is 12.0 Å². The lowest BCUT2D eigenvalue weighted by Crippen LogP contribution is -2.02. The first-order valence-electron chi connectivity index (χ1n) is 3.21. The molecule has 54 valence electrons. The molecule has 0 unspecified atom stereocenters. The van der Waals surface area contributed by atoms with E-state index >= 15 is 0 Å². The van der Waals surface area contributed by atoms with Crippen molar-refractivity contribution in [1.29, 1.82) is 0 Å². The molecule has 1 rings (SSSR count). The van der Waals surface area contributed by atoms with E-state index < -0.39 is 5.75 Å². The molecule has 2 heteroatoms. The van der Waals surface area contributed by atoms with Crippen LogP contribution in [0, 0.1) is 0 Å². The topological polar surface area (TPSA) is 46.1 Å². The first kappa shape index (κ1) is 6.93. The quantitative estimate of drug-likeness (QED) is 0.560. The van der Waals surface area contributed by atoms with Crippen LogP contribution < -0.4 is 10.2 Å². The summed E-state index contributed by atoms with van der Waals surface area (Å²) < 4.78 is 0. The third kappa shape index (κ3) is 1.05. The molecular weight excluding hydrogens is 128 g/mol. The lowest BCUT2D eigenvalue weighted by molar-refractivity contribution is -0.318. The summed E-state index contributed by atoms with van der Waals surface area (Å²) in [5.74, 6) is -0.760. The molecule has 0 amide bonds. The van der Waals surface area contributed by atoms with Gasteiger partial charge in [-0.1, -0.05) is 30.7 Å². The molecule has 0 N–H and O–H groups in total. The summed E-state index contributed by atoms with van der Waals surface area (Å²) in [7, 11) is 0. The van der Waals surface area contributed by atoms with Gasteiger partial charge in [-0.3, -0.25) is 0 Å². The molecule has 2 nitrogen and oxygen atoms in total. The predicted molar refractivity (Wildman–Crippen MR) is 34.7 cm³/mol. The van der Waals surface area contributed by atoms with Crippen molar-refractivity contribution < 1.29 is 10.2 Å². The monoisotopic (exact) mass is 136 g/mol. The minimum Gasteiger partial charge on any atom is -0.873 e. The fraction of sp³-hybridized carbons (Fsp3) is 0.250. The van der Waals surface area contributed by atoms with Crippen molar-refractivity contribution in [2.24, 2.45) is 0 Å². The van der Waals surface area contributed by atoms with Crippen LogP contribution in [0.4, 0.5) is 0 Å². The molecule has 0 saturated carbocycles. The Bertz CT molecular complexity index is 231. The van der Waals surface area contributed by atoms with Gasteiger partial charge in [-0.05, 0) is 6.42 Å². The van der Waals surface area contributed by atoms with Crippen LogP contribution in [-0.4, -0.2) is 0 Å². The Morgan fingerprint density at radius 2 is 2.00 bits per heavy atom. The number of hydrogen-bond donors (Lipinski definition) is 0. The molecule has 0 heterocycles. The molecule has 0 aromatic heterocycles. The molecule has 1 aromatic carbocycles. The molecule has 0 aliphatic heterocycles. The molecule has 0 bridgehead atoms. The normalized spacial score (nSPS) is 9.70. The van der Waals surface area contributed by atoms with Crippen LogP contribution in [0.1, 0.15) is 12.5 Å². The van der Waals surface area contributed by atoms with Crippen molar-refractivity contribution in [2.45, 2.75) is 13.3 Å². The van der Waals surface area contributed by atoms with Gasteiger partial charge < -0.3 is 10.2 Å². The maximum absolute atomic E-state index is 10.9. The van der Waals surface area contributed by atoms with E-state index in [1.54, 1.807) is 12.1 Å². The minimum absolute atomic E-state index is 0.356. The van der Waals surface area contributed by atoms with E-state index in [2.05, 4.69) is 0 Å². The van der Waals surface area contributed by atoms with Gasteiger partial charge >= 0.3 is 0 Å². The van der Waals surface area contributed by atoms with Crippen LogP contribution in [-0.2, 0) is 6.42 Å². The summed E-state index contributed by atoms with van der Waals surface area (Å²) in [5, 5.41) is 21.6. The molecule has 0 atom stereocenters. The first-order chi connectivity index (χ1) is 4.75. The second kappa shape index (κ2) is 2.60. The number of rotatable bonds is 1. The third-order valence-corrected chi connectivity index (χ3v) is 1.44. The van der Waals surface area contributed by atoms with Crippen LogP contribution in [0.25, 0.3) is 0 Å². The standard InChI is InChI=1S/C8H10O2/c1-2-6-4-3-5-7(9)8(6)10/h3-5,9-10H,2H2,1H3/p-2. The highest BCUT2D eigenvalue weighted by molar-refractivity contribution is 5.42. The summed E-state index contributed by atoms with van der Waals surface area (Å²) in [6.07, 6.45) is 0.634. The summed E-state index contributed by atoms with van der Waals surface area (Å²) in [6, 6.07) is 4.59. The van der Waals surface area contributed by atoms with E-state index in [9.17, 15) is 10.2 Å². The van der Waals surface area contributed by atoms with E-state index in [4.69, 9.17) is 0 Å². The van der Waals surface area contributed by atoms with Gasteiger partial charge in [-0.25, -0.2) is 0 Å². The van der Waals surface area contributed by atoms with Gasteiger partial charge in [0.05, 0.1) is 0 Å². The Morgan fingerprint density at radius 3 is 2.50 bits per heavy atom. The van der Waals surface area contributed by atoms with Crippen molar-refractivity contribution in [2.75, 3.05) is 0 Å². The lowest BCUT2D eigenvalue weighted by atomic mass is 10.1. The second-order valence-electron chi connectivity index (χ2n) is 2.10. The van der Waals surface area contributed by atoms with Crippen LogP contribution >= 0.6 is 0 Å². The van der Waals surface area contributed by atoms with Crippen LogP contribution in [0.3, 0.4) is 0 Å². The van der Waals surface area contributed by atoms with E-state index in [1.165, 1.54) is 6.07 Å². The van der Waals surface area contributed by atoms with Gasteiger partial charge in [0, 0.05) is 0 Å². The average molecular weight is 136 g/mol. The van der Waals surface area contributed by atoms with Crippen molar-refractivity contribution in [3.8, 4) is 11.5 Å². The molecule has 0 fully saturated rings. The molecule has 0 radical (unpaired) electrons. The van der Waals surface area contributed by atoms with E-state index in [0.717, 1.165) is 0 Å².